The Balaban J connectivity index is 1.49. The average molecular weight is 592 g/mol. The highest BCUT2D eigenvalue weighted by atomic mass is 19.1. The Morgan fingerprint density at radius 1 is 1.12 bits per heavy atom. The number of aromatic nitrogens is 5. The zero-order valence-electron chi connectivity index (χ0n) is 24.4. The van der Waals surface area contributed by atoms with E-state index in [1.54, 1.807) is 31.2 Å². The lowest BCUT2D eigenvalue weighted by molar-refractivity contribution is -0.126. The highest BCUT2D eigenvalue weighted by Crippen LogP contribution is 2.25. The van der Waals surface area contributed by atoms with Crippen LogP contribution in [0.4, 0.5) is 10.2 Å². The van der Waals surface area contributed by atoms with Crippen molar-refractivity contribution in [2.75, 3.05) is 38.8 Å². The fourth-order valence-electron chi connectivity index (χ4n) is 5.34. The van der Waals surface area contributed by atoms with Crippen LogP contribution in [0.3, 0.4) is 0 Å². The van der Waals surface area contributed by atoms with Crippen molar-refractivity contribution in [2.24, 2.45) is 5.92 Å². The van der Waals surface area contributed by atoms with Crippen LogP contribution >= 0.6 is 0 Å². The molecule has 3 aromatic heterocycles. The van der Waals surface area contributed by atoms with Crippen molar-refractivity contribution in [1.29, 1.82) is 0 Å². The summed E-state index contributed by atoms with van der Waals surface area (Å²) in [5, 5.41) is 0. The maximum Gasteiger partial charge on any atom is 0.332 e. The number of rotatable bonds is 11. The molecule has 12 nitrogen and oxygen atoms in total. The van der Waals surface area contributed by atoms with E-state index in [-0.39, 0.29) is 47.5 Å². The first-order valence-electron chi connectivity index (χ1n) is 14.2. The summed E-state index contributed by atoms with van der Waals surface area (Å²) < 4.78 is 21.3. The van der Waals surface area contributed by atoms with E-state index >= 15 is 0 Å². The van der Waals surface area contributed by atoms with E-state index in [0.29, 0.717) is 56.2 Å². The van der Waals surface area contributed by atoms with Crippen molar-refractivity contribution in [3.05, 3.63) is 74.8 Å². The van der Waals surface area contributed by atoms with Gasteiger partial charge in [0.05, 0.1) is 0 Å². The van der Waals surface area contributed by atoms with Crippen LogP contribution in [-0.4, -0.2) is 74.7 Å². The smallest absolute Gasteiger partial charge is 0.332 e. The molecule has 0 bridgehead atoms. The van der Waals surface area contributed by atoms with Gasteiger partial charge in [-0.05, 0) is 49.2 Å². The Morgan fingerprint density at radius 3 is 2.51 bits per heavy atom. The molecule has 1 unspecified atom stereocenters. The first-order valence-corrected chi connectivity index (χ1v) is 14.2. The summed E-state index contributed by atoms with van der Waals surface area (Å²) in [7, 11) is 3.29. The molecule has 1 aliphatic rings. The number of amides is 2. The number of aromatic amines is 1. The third kappa shape index (κ3) is 6.12. The van der Waals surface area contributed by atoms with Crippen LogP contribution in [-0.2, 0) is 22.6 Å². The zero-order valence-corrected chi connectivity index (χ0v) is 24.4. The van der Waals surface area contributed by atoms with Crippen molar-refractivity contribution in [2.45, 2.75) is 39.3 Å². The van der Waals surface area contributed by atoms with Crippen molar-refractivity contribution in [3.8, 4) is 11.4 Å². The molecular formula is C30H34FN7O5. The molecule has 1 atom stereocenters. The second-order valence-corrected chi connectivity index (χ2v) is 10.7. The van der Waals surface area contributed by atoms with Crippen LogP contribution in [0, 0.1) is 11.7 Å². The molecule has 0 spiro atoms. The molecule has 1 saturated heterocycles. The summed E-state index contributed by atoms with van der Waals surface area (Å²) in [5.41, 5.74) is 0.435. The minimum Gasteiger partial charge on any atom is -0.385 e. The highest BCUT2D eigenvalue weighted by Gasteiger charge is 2.31. The molecule has 0 aliphatic carbocycles. The fourth-order valence-corrected chi connectivity index (χ4v) is 5.34. The monoisotopic (exact) mass is 591 g/mol. The summed E-state index contributed by atoms with van der Waals surface area (Å²) in [6.07, 6.45) is 3.02. The number of halogens is 1. The van der Waals surface area contributed by atoms with E-state index in [9.17, 15) is 23.6 Å². The Morgan fingerprint density at radius 2 is 1.88 bits per heavy atom. The number of benzene rings is 1. The van der Waals surface area contributed by atoms with Crippen LogP contribution in [0.5, 0.6) is 0 Å². The molecule has 2 amide bonds. The molecule has 13 heteroatoms. The van der Waals surface area contributed by atoms with Crippen molar-refractivity contribution < 1.29 is 18.7 Å². The number of carbonyl (C=O) groups excluding carboxylic acids is 2. The van der Waals surface area contributed by atoms with Gasteiger partial charge in [-0.2, -0.15) is 0 Å². The lowest BCUT2D eigenvalue weighted by atomic mass is 10.1. The number of nitrogens with one attached hydrogen (secondary N) is 1. The van der Waals surface area contributed by atoms with Gasteiger partial charge in [0.25, 0.3) is 11.5 Å². The molecule has 0 saturated carbocycles. The van der Waals surface area contributed by atoms with Crippen LogP contribution in [0.25, 0.3) is 22.6 Å². The first kappa shape index (κ1) is 29.8. The van der Waals surface area contributed by atoms with E-state index in [1.807, 2.05) is 6.92 Å². The molecule has 226 valence electrons. The van der Waals surface area contributed by atoms with Gasteiger partial charge in [0, 0.05) is 76.6 Å². The van der Waals surface area contributed by atoms with Gasteiger partial charge in [0.2, 0.25) is 5.91 Å². The molecule has 43 heavy (non-hydrogen) atoms. The summed E-state index contributed by atoms with van der Waals surface area (Å²) in [6.45, 7) is 3.71. The minimum absolute atomic E-state index is 0.00619. The molecule has 1 fully saturated rings. The zero-order chi connectivity index (χ0) is 30.7. The lowest BCUT2D eigenvalue weighted by Crippen LogP contribution is -2.40. The van der Waals surface area contributed by atoms with Crippen LogP contribution in [0.1, 0.15) is 36.5 Å². The number of carbonyl (C=O) groups is 2. The predicted molar refractivity (Wildman–Crippen MR) is 158 cm³/mol. The normalized spacial score (nSPS) is 15.0. The predicted octanol–water partition coefficient (Wildman–Crippen LogP) is 2.66. The standard InChI is InChI=1S/C30H34FN7O5/c1-4-12-36-27-25(29(41)37(30(36)42)13-5-14-43-3)33-26(34-27)21-8-11-23(32-16-21)38(18-19-15-24(39)35(2)17-19)28(40)20-6-9-22(31)10-7-20/h6-11,16,19H,4-5,12-15,17-18H2,1-3H3,(H,33,34). The summed E-state index contributed by atoms with van der Waals surface area (Å²) >= 11 is 0. The average Bonchev–Trinajstić information content (AvgIpc) is 3.59. The molecule has 5 rings (SSSR count). The Hall–Kier alpha value is -4.65. The Bertz CT molecular complexity index is 1740. The van der Waals surface area contributed by atoms with Crippen molar-refractivity contribution in [1.82, 2.24) is 29.0 Å². The molecule has 1 aromatic carbocycles. The largest absolute Gasteiger partial charge is 0.385 e. The van der Waals surface area contributed by atoms with E-state index < -0.39 is 17.1 Å². The Labute approximate surface area is 246 Å². The summed E-state index contributed by atoms with van der Waals surface area (Å²) in [6, 6.07) is 8.65. The quantitative estimate of drug-likeness (QED) is 0.265. The second-order valence-electron chi connectivity index (χ2n) is 10.7. The fraction of sp³-hybridized carbons (Fsp3) is 0.400. The lowest BCUT2D eigenvalue weighted by Gasteiger charge is -2.25. The number of aryl methyl sites for hydroxylation is 1. The highest BCUT2D eigenvalue weighted by molar-refractivity contribution is 6.05. The van der Waals surface area contributed by atoms with Gasteiger partial charge in [-0.25, -0.2) is 19.2 Å². The third-order valence-electron chi connectivity index (χ3n) is 7.53. The molecular weight excluding hydrogens is 557 g/mol. The molecule has 4 aromatic rings. The van der Waals surface area contributed by atoms with Crippen molar-refractivity contribution in [3.63, 3.8) is 0 Å². The number of likely N-dealkylation sites (tertiary alicyclic amines) is 1. The van der Waals surface area contributed by atoms with Crippen LogP contribution in [0.2, 0.25) is 0 Å². The molecule has 4 heterocycles. The van der Waals surface area contributed by atoms with E-state index in [4.69, 9.17) is 4.74 Å². The van der Waals surface area contributed by atoms with Gasteiger partial charge in [-0.15, -0.1) is 0 Å². The van der Waals surface area contributed by atoms with Crippen LogP contribution in [0.15, 0.2) is 52.2 Å². The summed E-state index contributed by atoms with van der Waals surface area (Å²) in [4.78, 5) is 67.5. The maximum atomic E-state index is 13.5. The number of ether oxygens (including phenoxy) is 1. The number of anilines is 1. The van der Waals surface area contributed by atoms with Gasteiger partial charge in [-0.1, -0.05) is 6.92 Å². The number of imidazole rings is 1. The number of hydrogen-bond acceptors (Lipinski definition) is 7. The van der Waals surface area contributed by atoms with Gasteiger partial charge in [0.15, 0.2) is 5.65 Å². The number of fused-ring (bicyclic) bond motifs is 1. The number of hydrogen-bond donors (Lipinski definition) is 1. The number of pyridine rings is 1. The first-order chi connectivity index (χ1) is 20.7. The van der Waals surface area contributed by atoms with Crippen LogP contribution < -0.4 is 16.1 Å². The van der Waals surface area contributed by atoms with Gasteiger partial charge in [-0.3, -0.25) is 28.4 Å². The topological polar surface area (TPSA) is 135 Å². The summed E-state index contributed by atoms with van der Waals surface area (Å²) in [5.74, 6) is -0.218. The Kier molecular flexibility index (Phi) is 8.81. The minimum atomic E-state index is -0.459. The van der Waals surface area contributed by atoms with E-state index in [0.717, 1.165) is 0 Å². The molecule has 1 N–H and O–H groups in total. The van der Waals surface area contributed by atoms with Gasteiger partial charge >= 0.3 is 5.69 Å². The molecule has 0 radical (unpaired) electrons. The maximum absolute atomic E-state index is 13.5. The van der Waals surface area contributed by atoms with Gasteiger partial charge < -0.3 is 14.6 Å². The number of nitrogens with zero attached hydrogens (tertiary/aromatic N) is 6. The van der Waals surface area contributed by atoms with E-state index in [1.165, 1.54) is 44.5 Å². The van der Waals surface area contributed by atoms with Gasteiger partial charge in [0.1, 0.15) is 23.0 Å². The van der Waals surface area contributed by atoms with E-state index in [2.05, 4.69) is 15.0 Å². The number of H-pyrrole nitrogens is 1. The SMILES string of the molecule is CCCn1c(=O)n(CCCOC)c(=O)c2[nH]c(-c3ccc(N(CC4CC(=O)N(C)C4)C(=O)c4ccc(F)cc4)nc3)nc21. The third-order valence-corrected chi connectivity index (χ3v) is 7.53. The second kappa shape index (κ2) is 12.7. The van der Waals surface area contributed by atoms with Crippen molar-refractivity contribution >= 4 is 28.8 Å². The molecule has 1 aliphatic heterocycles. The number of methoxy groups -OCH3 is 1.